The molecule has 0 saturated carbocycles. The Labute approximate surface area is 128 Å². The molecule has 2 aromatic carbocycles. The van der Waals surface area contributed by atoms with E-state index in [1.54, 1.807) is 0 Å². The van der Waals surface area contributed by atoms with Gasteiger partial charge in [0.05, 0.1) is 5.56 Å². The summed E-state index contributed by atoms with van der Waals surface area (Å²) in [6.07, 6.45) is 0. The molecule has 0 bridgehead atoms. The van der Waals surface area contributed by atoms with Crippen molar-refractivity contribution in [1.29, 1.82) is 0 Å². The van der Waals surface area contributed by atoms with Gasteiger partial charge in [0.25, 0.3) is 5.91 Å². The summed E-state index contributed by atoms with van der Waals surface area (Å²) in [6, 6.07) is 17.8. The van der Waals surface area contributed by atoms with Gasteiger partial charge in [-0.25, -0.2) is 0 Å². The Balaban J connectivity index is 2.25. The van der Waals surface area contributed by atoms with E-state index in [2.05, 4.69) is 15.9 Å². The van der Waals surface area contributed by atoms with E-state index in [-0.39, 0.29) is 11.9 Å². The number of hydrogen-bond acceptors (Lipinski definition) is 1. The molecule has 0 aliphatic rings. The first-order valence-corrected chi connectivity index (χ1v) is 7.48. The number of rotatable bonds is 4. The van der Waals surface area contributed by atoms with Crippen LogP contribution < -0.4 is 0 Å². The molecule has 0 atom stereocenters. The Morgan fingerprint density at radius 3 is 2.25 bits per heavy atom. The summed E-state index contributed by atoms with van der Waals surface area (Å²) in [6.45, 7) is 4.70. The normalized spacial score (nSPS) is 10.6. The van der Waals surface area contributed by atoms with Crippen molar-refractivity contribution in [2.45, 2.75) is 26.4 Å². The van der Waals surface area contributed by atoms with Crippen molar-refractivity contribution < 1.29 is 4.79 Å². The van der Waals surface area contributed by atoms with E-state index in [0.717, 1.165) is 10.0 Å². The van der Waals surface area contributed by atoms with Crippen LogP contribution in [0.15, 0.2) is 59.1 Å². The summed E-state index contributed by atoms with van der Waals surface area (Å²) in [5.74, 6) is 0.0522. The minimum absolute atomic E-state index is 0.0522. The number of nitrogens with zero attached hydrogens (tertiary/aromatic N) is 1. The lowest BCUT2D eigenvalue weighted by Crippen LogP contribution is -2.36. The SMILES string of the molecule is CC(C)N(Cc1ccccc1)C(=O)c1ccccc1Br. The molecule has 0 aromatic heterocycles. The highest BCUT2D eigenvalue weighted by atomic mass is 79.9. The maximum Gasteiger partial charge on any atom is 0.255 e. The smallest absolute Gasteiger partial charge is 0.255 e. The highest BCUT2D eigenvalue weighted by molar-refractivity contribution is 9.10. The highest BCUT2D eigenvalue weighted by Crippen LogP contribution is 2.20. The first-order chi connectivity index (χ1) is 9.59. The lowest BCUT2D eigenvalue weighted by molar-refractivity contribution is 0.0689. The largest absolute Gasteiger partial charge is 0.332 e. The zero-order valence-corrected chi connectivity index (χ0v) is 13.3. The van der Waals surface area contributed by atoms with Crippen LogP contribution in [0.2, 0.25) is 0 Å². The van der Waals surface area contributed by atoms with Crippen LogP contribution in [0, 0.1) is 0 Å². The third-order valence-corrected chi connectivity index (χ3v) is 3.88. The third-order valence-electron chi connectivity index (χ3n) is 3.18. The van der Waals surface area contributed by atoms with E-state index >= 15 is 0 Å². The molecule has 0 aliphatic heterocycles. The maximum absolute atomic E-state index is 12.7. The summed E-state index contributed by atoms with van der Waals surface area (Å²) in [5, 5.41) is 0. The summed E-state index contributed by atoms with van der Waals surface area (Å²) in [7, 11) is 0. The summed E-state index contributed by atoms with van der Waals surface area (Å²) < 4.78 is 0.837. The molecule has 2 aromatic rings. The number of hydrogen-bond donors (Lipinski definition) is 0. The minimum Gasteiger partial charge on any atom is -0.332 e. The van der Waals surface area contributed by atoms with Crippen LogP contribution in [0.5, 0.6) is 0 Å². The lowest BCUT2D eigenvalue weighted by Gasteiger charge is -2.27. The van der Waals surface area contributed by atoms with Gasteiger partial charge in [-0.2, -0.15) is 0 Å². The minimum atomic E-state index is 0.0522. The second-order valence-corrected chi connectivity index (χ2v) is 5.85. The molecule has 0 radical (unpaired) electrons. The predicted octanol–water partition coefficient (Wildman–Crippen LogP) is 4.50. The van der Waals surface area contributed by atoms with Crippen molar-refractivity contribution in [3.05, 3.63) is 70.2 Å². The Morgan fingerprint density at radius 1 is 1.05 bits per heavy atom. The number of carbonyl (C=O) groups excluding carboxylic acids is 1. The van der Waals surface area contributed by atoms with E-state index in [9.17, 15) is 4.79 Å². The van der Waals surface area contributed by atoms with Crippen molar-refractivity contribution in [3.8, 4) is 0 Å². The molecular weight excluding hydrogens is 314 g/mol. The highest BCUT2D eigenvalue weighted by Gasteiger charge is 2.20. The third kappa shape index (κ3) is 3.48. The van der Waals surface area contributed by atoms with Gasteiger partial charge in [0, 0.05) is 17.1 Å². The van der Waals surface area contributed by atoms with Crippen molar-refractivity contribution in [1.82, 2.24) is 4.90 Å². The number of halogens is 1. The molecule has 1 amide bonds. The Bertz CT molecular complexity index is 581. The molecule has 104 valence electrons. The van der Waals surface area contributed by atoms with Crippen molar-refractivity contribution in [2.75, 3.05) is 0 Å². The van der Waals surface area contributed by atoms with Crippen molar-refractivity contribution in [3.63, 3.8) is 0 Å². The summed E-state index contributed by atoms with van der Waals surface area (Å²) >= 11 is 3.45. The van der Waals surface area contributed by atoms with Crippen LogP contribution in [0.3, 0.4) is 0 Å². The van der Waals surface area contributed by atoms with E-state index in [0.29, 0.717) is 12.1 Å². The van der Waals surface area contributed by atoms with Crippen molar-refractivity contribution >= 4 is 21.8 Å². The second kappa shape index (κ2) is 6.71. The molecule has 2 nitrogen and oxygen atoms in total. The van der Waals surface area contributed by atoms with Gasteiger partial charge in [-0.15, -0.1) is 0 Å². The second-order valence-electron chi connectivity index (χ2n) is 4.99. The first kappa shape index (κ1) is 14.8. The standard InChI is InChI=1S/C17H18BrNO/c1-13(2)19(12-14-8-4-3-5-9-14)17(20)15-10-6-7-11-16(15)18/h3-11,13H,12H2,1-2H3. The van der Waals surface area contributed by atoms with Crippen LogP contribution in [-0.2, 0) is 6.54 Å². The molecule has 0 fully saturated rings. The van der Waals surface area contributed by atoms with Gasteiger partial charge in [-0.1, -0.05) is 42.5 Å². The molecule has 0 heterocycles. The average molecular weight is 332 g/mol. The maximum atomic E-state index is 12.7. The van der Waals surface area contributed by atoms with Gasteiger partial charge >= 0.3 is 0 Å². The molecule has 20 heavy (non-hydrogen) atoms. The van der Waals surface area contributed by atoms with Gasteiger partial charge in [0.1, 0.15) is 0 Å². The van der Waals surface area contributed by atoms with Gasteiger partial charge in [0.2, 0.25) is 0 Å². The lowest BCUT2D eigenvalue weighted by atomic mass is 10.1. The van der Waals surface area contributed by atoms with E-state index in [1.165, 1.54) is 0 Å². The number of benzene rings is 2. The predicted molar refractivity (Wildman–Crippen MR) is 85.6 cm³/mol. The average Bonchev–Trinajstić information content (AvgIpc) is 2.45. The molecule has 0 aliphatic carbocycles. The van der Waals surface area contributed by atoms with Crippen LogP contribution in [0.25, 0.3) is 0 Å². The number of amides is 1. The molecule has 0 N–H and O–H groups in total. The van der Waals surface area contributed by atoms with Gasteiger partial charge in [-0.05, 0) is 47.5 Å². The zero-order chi connectivity index (χ0) is 14.5. The Hall–Kier alpha value is -1.61. The topological polar surface area (TPSA) is 20.3 Å². The molecule has 0 unspecified atom stereocenters. The van der Waals surface area contributed by atoms with Gasteiger partial charge in [0.15, 0.2) is 0 Å². The molecule has 0 spiro atoms. The fourth-order valence-corrected chi connectivity index (χ4v) is 2.51. The van der Waals surface area contributed by atoms with Crippen LogP contribution in [0.4, 0.5) is 0 Å². The molecule has 2 rings (SSSR count). The Kier molecular flexibility index (Phi) is 4.96. The fourth-order valence-electron chi connectivity index (χ4n) is 2.06. The quantitative estimate of drug-likeness (QED) is 0.807. The van der Waals surface area contributed by atoms with Crippen LogP contribution in [-0.4, -0.2) is 16.8 Å². The zero-order valence-electron chi connectivity index (χ0n) is 11.7. The van der Waals surface area contributed by atoms with Gasteiger partial charge in [-0.3, -0.25) is 4.79 Å². The first-order valence-electron chi connectivity index (χ1n) is 6.69. The number of carbonyl (C=O) groups is 1. The molecular formula is C17H18BrNO. The summed E-state index contributed by atoms with van der Waals surface area (Å²) in [5.41, 5.74) is 1.85. The van der Waals surface area contributed by atoms with E-state index in [1.807, 2.05) is 73.3 Å². The van der Waals surface area contributed by atoms with E-state index in [4.69, 9.17) is 0 Å². The fraction of sp³-hybridized carbons (Fsp3) is 0.235. The van der Waals surface area contributed by atoms with Crippen LogP contribution >= 0.6 is 15.9 Å². The van der Waals surface area contributed by atoms with Crippen molar-refractivity contribution in [2.24, 2.45) is 0 Å². The van der Waals surface area contributed by atoms with Crippen LogP contribution in [0.1, 0.15) is 29.8 Å². The Morgan fingerprint density at radius 2 is 1.65 bits per heavy atom. The van der Waals surface area contributed by atoms with E-state index < -0.39 is 0 Å². The molecule has 3 heteroatoms. The van der Waals surface area contributed by atoms with Gasteiger partial charge < -0.3 is 4.90 Å². The summed E-state index contributed by atoms with van der Waals surface area (Å²) in [4.78, 5) is 14.6. The molecule has 0 saturated heterocycles. The monoisotopic (exact) mass is 331 g/mol.